The molecule has 0 saturated heterocycles. The highest BCUT2D eigenvalue weighted by Gasteiger charge is 2.36. The van der Waals surface area contributed by atoms with Gasteiger partial charge in [-0.2, -0.15) is 0 Å². The summed E-state index contributed by atoms with van der Waals surface area (Å²) < 4.78 is 0. The minimum Gasteiger partial charge on any atom is -0.348 e. The van der Waals surface area contributed by atoms with Gasteiger partial charge in [0.15, 0.2) is 5.50 Å². The Labute approximate surface area is 177 Å². The predicted octanol–water partition coefficient (Wildman–Crippen LogP) is 6.20. The van der Waals surface area contributed by atoms with E-state index in [2.05, 4.69) is 11.9 Å². The zero-order valence-corrected chi connectivity index (χ0v) is 17.9. The van der Waals surface area contributed by atoms with Crippen LogP contribution in [0.3, 0.4) is 0 Å². The molecule has 0 radical (unpaired) electrons. The van der Waals surface area contributed by atoms with Crippen LogP contribution in [0.2, 0.25) is 10.0 Å². The van der Waals surface area contributed by atoms with Crippen LogP contribution in [0.5, 0.6) is 0 Å². The number of carbonyl (C=O) groups excluding carboxylic acids is 1. The molecule has 2 aliphatic rings. The lowest BCUT2D eigenvalue weighted by molar-refractivity contribution is 0.0759. The number of halogens is 2. The smallest absolute Gasteiger partial charge is 0.259 e. The fourth-order valence-electron chi connectivity index (χ4n) is 3.61. The summed E-state index contributed by atoms with van der Waals surface area (Å²) in [4.78, 5) is 16.5. The Morgan fingerprint density at radius 1 is 1.33 bits per heavy atom. The van der Waals surface area contributed by atoms with Gasteiger partial charge in [0.1, 0.15) is 5.00 Å². The van der Waals surface area contributed by atoms with Crippen LogP contribution >= 0.6 is 46.3 Å². The van der Waals surface area contributed by atoms with Crippen LogP contribution in [0.25, 0.3) is 0 Å². The number of thioether (sulfide) groups is 1. The van der Waals surface area contributed by atoms with Gasteiger partial charge in [-0.25, -0.2) is 0 Å². The van der Waals surface area contributed by atoms with Crippen molar-refractivity contribution in [3.63, 3.8) is 0 Å². The highest BCUT2D eigenvalue weighted by atomic mass is 35.5. The molecule has 1 aliphatic carbocycles. The molecule has 0 spiro atoms. The number of thiophene rings is 1. The monoisotopic (exact) mass is 438 g/mol. The third-order valence-corrected chi connectivity index (χ3v) is 8.18. The van der Waals surface area contributed by atoms with Gasteiger partial charge in [0.25, 0.3) is 5.91 Å². The first-order valence-corrected chi connectivity index (χ1v) is 11.6. The van der Waals surface area contributed by atoms with Crippen LogP contribution in [0.1, 0.15) is 39.2 Å². The molecule has 27 heavy (non-hydrogen) atoms. The van der Waals surface area contributed by atoms with Gasteiger partial charge < -0.3 is 10.2 Å². The summed E-state index contributed by atoms with van der Waals surface area (Å²) in [6, 6.07) is 5.66. The molecule has 7 heteroatoms. The van der Waals surface area contributed by atoms with Crippen molar-refractivity contribution in [2.24, 2.45) is 0 Å². The minimum atomic E-state index is -0.154. The number of nitrogens with one attached hydrogen (secondary N) is 1. The number of aryl methyl sites for hydroxylation is 1. The molecule has 1 N–H and O–H groups in total. The molecule has 142 valence electrons. The van der Waals surface area contributed by atoms with Crippen LogP contribution in [0.4, 0.5) is 5.00 Å². The third kappa shape index (κ3) is 3.63. The van der Waals surface area contributed by atoms with Gasteiger partial charge in [-0.05, 0) is 42.9 Å². The van der Waals surface area contributed by atoms with Gasteiger partial charge >= 0.3 is 0 Å². The topological polar surface area (TPSA) is 32.3 Å². The normalized spacial score (nSPS) is 18.7. The Hall–Kier alpha value is -1.14. The molecule has 4 rings (SSSR count). The largest absolute Gasteiger partial charge is 0.348 e. The first-order valence-electron chi connectivity index (χ1n) is 8.97. The number of carbonyl (C=O) groups is 1. The quantitative estimate of drug-likeness (QED) is 0.563. The lowest BCUT2D eigenvalue weighted by atomic mass is 9.94. The molecule has 2 aromatic rings. The number of fused-ring (bicyclic) bond motifs is 3. The second kappa shape index (κ2) is 8.08. The molecule has 1 atom stereocenters. The predicted molar refractivity (Wildman–Crippen MR) is 117 cm³/mol. The van der Waals surface area contributed by atoms with E-state index in [9.17, 15) is 4.79 Å². The molecular formula is C20H20Cl2N2OS2. The number of anilines is 1. The first-order chi connectivity index (χ1) is 13.1. The number of benzene rings is 1. The van der Waals surface area contributed by atoms with E-state index in [1.807, 2.05) is 17.0 Å². The Morgan fingerprint density at radius 3 is 2.96 bits per heavy atom. The van der Waals surface area contributed by atoms with E-state index in [0.29, 0.717) is 22.3 Å². The Bertz CT molecular complexity index is 896. The fraction of sp³-hybridized carbons (Fsp3) is 0.350. The first kappa shape index (κ1) is 19.2. The van der Waals surface area contributed by atoms with E-state index < -0.39 is 0 Å². The van der Waals surface area contributed by atoms with Crippen molar-refractivity contribution in [2.45, 2.75) is 36.9 Å². The van der Waals surface area contributed by atoms with Gasteiger partial charge in [-0.15, -0.1) is 29.7 Å². The van der Waals surface area contributed by atoms with E-state index in [1.165, 1.54) is 16.9 Å². The van der Waals surface area contributed by atoms with E-state index in [4.69, 9.17) is 23.2 Å². The molecule has 1 aliphatic heterocycles. The van der Waals surface area contributed by atoms with Crippen molar-refractivity contribution in [1.82, 2.24) is 4.90 Å². The van der Waals surface area contributed by atoms with Crippen LogP contribution in [-0.4, -0.2) is 22.8 Å². The van der Waals surface area contributed by atoms with Gasteiger partial charge in [0, 0.05) is 17.2 Å². The second-order valence-corrected chi connectivity index (χ2v) is 9.64. The number of amides is 1. The van der Waals surface area contributed by atoms with Gasteiger partial charge in [-0.1, -0.05) is 41.4 Å². The molecule has 1 aromatic heterocycles. The Morgan fingerprint density at radius 2 is 2.15 bits per heavy atom. The van der Waals surface area contributed by atoms with Crippen LogP contribution in [0.15, 0.2) is 30.9 Å². The van der Waals surface area contributed by atoms with Crippen LogP contribution < -0.4 is 5.32 Å². The van der Waals surface area contributed by atoms with E-state index in [-0.39, 0.29) is 11.4 Å². The van der Waals surface area contributed by atoms with E-state index in [1.54, 1.807) is 35.2 Å². The average molecular weight is 439 g/mol. The van der Waals surface area contributed by atoms with Gasteiger partial charge in [0.2, 0.25) is 0 Å². The maximum absolute atomic E-state index is 13.3. The molecule has 1 amide bonds. The lowest BCUT2D eigenvalue weighted by Gasteiger charge is -2.36. The van der Waals surface area contributed by atoms with Crippen molar-refractivity contribution < 1.29 is 4.79 Å². The summed E-state index contributed by atoms with van der Waals surface area (Å²) in [6.45, 7) is 4.34. The molecule has 0 saturated carbocycles. The number of hydrogen-bond donors (Lipinski definition) is 1. The van der Waals surface area contributed by atoms with Crippen molar-refractivity contribution >= 4 is 57.2 Å². The standard InChI is InChI=1S/C20H20Cl2N2OS2/c1-2-10-24-19(25)16-13-7-3-4-9-15(13)27-18(16)23-20(24)26-11-12-6-5-8-14(21)17(12)22/h2,5-6,8,20,23H,1,3-4,7,9-11H2/t20-/m0/s1. The Kier molecular flexibility index (Phi) is 5.74. The summed E-state index contributed by atoms with van der Waals surface area (Å²) in [6.07, 6.45) is 6.24. The number of nitrogens with zero attached hydrogens (tertiary/aromatic N) is 1. The molecule has 0 bridgehead atoms. The van der Waals surface area contributed by atoms with Crippen LogP contribution in [-0.2, 0) is 18.6 Å². The number of rotatable bonds is 5. The molecule has 3 nitrogen and oxygen atoms in total. The van der Waals surface area contributed by atoms with Gasteiger partial charge in [-0.3, -0.25) is 4.79 Å². The Balaban J connectivity index is 1.60. The number of hydrogen-bond acceptors (Lipinski definition) is 4. The highest BCUT2D eigenvalue weighted by molar-refractivity contribution is 7.99. The maximum Gasteiger partial charge on any atom is 0.259 e. The van der Waals surface area contributed by atoms with Crippen molar-refractivity contribution in [1.29, 1.82) is 0 Å². The summed E-state index contributed by atoms with van der Waals surface area (Å²) in [5.41, 5.74) is 2.96. The minimum absolute atomic E-state index is 0.109. The highest BCUT2D eigenvalue weighted by Crippen LogP contribution is 2.43. The van der Waals surface area contributed by atoms with Crippen molar-refractivity contribution in [2.75, 3.05) is 11.9 Å². The van der Waals surface area contributed by atoms with E-state index in [0.717, 1.165) is 35.4 Å². The summed E-state index contributed by atoms with van der Waals surface area (Å²) in [5, 5.41) is 5.74. The van der Waals surface area contributed by atoms with E-state index >= 15 is 0 Å². The summed E-state index contributed by atoms with van der Waals surface area (Å²) in [7, 11) is 0. The lowest BCUT2D eigenvalue weighted by Crippen LogP contribution is -2.46. The zero-order valence-electron chi connectivity index (χ0n) is 14.8. The van der Waals surface area contributed by atoms with Crippen molar-refractivity contribution in [3.05, 3.63) is 62.5 Å². The molecule has 2 heterocycles. The zero-order chi connectivity index (χ0) is 19.0. The molecule has 0 fully saturated rings. The second-order valence-electron chi connectivity index (χ2n) is 6.68. The SMILES string of the molecule is C=CCN1C(=O)c2c(sc3c2CCCC3)N[C@@H]1SCc1cccc(Cl)c1Cl. The average Bonchev–Trinajstić information content (AvgIpc) is 3.04. The van der Waals surface area contributed by atoms with Crippen LogP contribution in [0, 0.1) is 0 Å². The van der Waals surface area contributed by atoms with Gasteiger partial charge in [0.05, 0.1) is 15.6 Å². The fourth-order valence-corrected chi connectivity index (χ4v) is 6.60. The molecular weight excluding hydrogens is 419 g/mol. The summed E-state index contributed by atoms with van der Waals surface area (Å²) >= 11 is 15.8. The van der Waals surface area contributed by atoms with Crippen molar-refractivity contribution in [3.8, 4) is 0 Å². The summed E-state index contributed by atoms with van der Waals surface area (Å²) in [5.74, 6) is 0.774. The third-order valence-electron chi connectivity index (χ3n) is 4.94. The molecule has 1 aromatic carbocycles. The molecule has 0 unspecified atom stereocenters. The maximum atomic E-state index is 13.3.